The average Bonchev–Trinajstić information content (AvgIpc) is 3.20. The molecule has 1 saturated heterocycles. The summed E-state index contributed by atoms with van der Waals surface area (Å²) in [4.78, 5) is 35.0. The number of primary amides is 1. The second kappa shape index (κ2) is 5.82. The molecule has 3 N–H and O–H groups in total. The summed E-state index contributed by atoms with van der Waals surface area (Å²) in [5, 5.41) is 9.22. The molecule has 1 aliphatic heterocycles. The van der Waals surface area contributed by atoms with Gasteiger partial charge in [0.1, 0.15) is 6.61 Å². The van der Waals surface area contributed by atoms with E-state index in [9.17, 15) is 19.5 Å². The van der Waals surface area contributed by atoms with Crippen molar-refractivity contribution in [2.75, 3.05) is 6.54 Å². The van der Waals surface area contributed by atoms with Crippen molar-refractivity contribution < 1.29 is 24.2 Å². The Kier molecular flexibility index (Phi) is 4.11. The predicted molar refractivity (Wildman–Crippen MR) is 72.1 cm³/mol. The van der Waals surface area contributed by atoms with E-state index in [1.807, 2.05) is 18.2 Å². The number of amides is 2. The summed E-state index contributed by atoms with van der Waals surface area (Å²) in [5.74, 6) is -1.75. The van der Waals surface area contributed by atoms with Crippen molar-refractivity contribution in [3.05, 3.63) is 35.9 Å². The van der Waals surface area contributed by atoms with Crippen LogP contribution in [0.15, 0.2) is 30.3 Å². The van der Waals surface area contributed by atoms with E-state index in [1.165, 1.54) is 0 Å². The molecule has 0 aliphatic carbocycles. The number of nitrogens with two attached hydrogens (primary N) is 1. The molecule has 1 atom stereocenters. The second-order valence-electron chi connectivity index (χ2n) is 4.93. The molecule has 2 amide bonds. The highest BCUT2D eigenvalue weighted by Crippen LogP contribution is 2.38. The van der Waals surface area contributed by atoms with Crippen molar-refractivity contribution in [1.29, 1.82) is 0 Å². The average molecular weight is 292 g/mol. The number of benzene rings is 1. The summed E-state index contributed by atoms with van der Waals surface area (Å²) < 4.78 is 5.07. The minimum Gasteiger partial charge on any atom is -0.479 e. The van der Waals surface area contributed by atoms with Crippen molar-refractivity contribution >= 4 is 18.0 Å². The highest BCUT2D eigenvalue weighted by Gasteiger charge is 2.62. The van der Waals surface area contributed by atoms with Crippen LogP contribution in [0.1, 0.15) is 18.4 Å². The van der Waals surface area contributed by atoms with Crippen LogP contribution in [0.4, 0.5) is 4.79 Å². The van der Waals surface area contributed by atoms with Crippen LogP contribution in [0, 0.1) is 0 Å². The van der Waals surface area contributed by atoms with Gasteiger partial charge in [-0.05, 0) is 12.0 Å². The van der Waals surface area contributed by atoms with Crippen LogP contribution in [0.25, 0.3) is 0 Å². The van der Waals surface area contributed by atoms with Crippen molar-refractivity contribution in [3.63, 3.8) is 0 Å². The molecule has 7 nitrogen and oxygen atoms in total. The Balaban J connectivity index is 1.91. The first kappa shape index (κ1) is 14.8. The molecule has 1 aromatic carbocycles. The van der Waals surface area contributed by atoms with Gasteiger partial charge in [0.05, 0.1) is 6.54 Å². The van der Waals surface area contributed by atoms with Gasteiger partial charge in [0.15, 0.2) is 5.54 Å². The Morgan fingerprint density at radius 1 is 1.29 bits per heavy atom. The van der Waals surface area contributed by atoms with Crippen LogP contribution in [0.2, 0.25) is 0 Å². The lowest BCUT2D eigenvalue weighted by Crippen LogP contribution is -2.33. The highest BCUT2D eigenvalue weighted by molar-refractivity contribution is 5.91. The molecule has 112 valence electrons. The molecule has 1 fully saturated rings. The van der Waals surface area contributed by atoms with E-state index in [0.717, 1.165) is 10.5 Å². The quantitative estimate of drug-likeness (QED) is 0.751. The van der Waals surface area contributed by atoms with Crippen molar-refractivity contribution in [1.82, 2.24) is 4.90 Å². The van der Waals surface area contributed by atoms with Gasteiger partial charge in [-0.2, -0.15) is 0 Å². The molecule has 0 spiro atoms. The molecule has 7 heteroatoms. The van der Waals surface area contributed by atoms with Crippen LogP contribution in [-0.4, -0.2) is 40.1 Å². The zero-order valence-electron chi connectivity index (χ0n) is 11.3. The Morgan fingerprint density at radius 2 is 1.95 bits per heavy atom. The van der Waals surface area contributed by atoms with Crippen molar-refractivity contribution in [2.45, 2.75) is 25.0 Å². The normalized spacial score (nSPS) is 19.9. The fraction of sp³-hybridized carbons (Fsp3) is 0.357. The number of hydrogen-bond acceptors (Lipinski definition) is 4. The van der Waals surface area contributed by atoms with Gasteiger partial charge in [0.2, 0.25) is 5.91 Å². The first-order chi connectivity index (χ1) is 9.95. The summed E-state index contributed by atoms with van der Waals surface area (Å²) in [6, 6.07) is 9.07. The lowest BCUT2D eigenvalue weighted by atomic mass is 10.0. The van der Waals surface area contributed by atoms with Crippen LogP contribution in [-0.2, 0) is 20.9 Å². The van der Waals surface area contributed by atoms with Crippen LogP contribution >= 0.6 is 0 Å². The van der Waals surface area contributed by atoms with E-state index >= 15 is 0 Å². The number of ether oxygens (including phenoxy) is 1. The molecular formula is C14H16N2O5. The van der Waals surface area contributed by atoms with Crippen molar-refractivity contribution in [3.8, 4) is 0 Å². The third kappa shape index (κ3) is 3.31. The minimum absolute atomic E-state index is 0.00188. The predicted octanol–water partition coefficient (Wildman–Crippen LogP) is 0.728. The lowest BCUT2D eigenvalue weighted by molar-refractivity contribution is -0.141. The molecule has 1 aromatic rings. The van der Waals surface area contributed by atoms with Crippen LogP contribution in [0.3, 0.4) is 0 Å². The molecule has 0 saturated carbocycles. The van der Waals surface area contributed by atoms with Gasteiger partial charge in [-0.1, -0.05) is 30.3 Å². The van der Waals surface area contributed by atoms with E-state index in [0.29, 0.717) is 0 Å². The first-order valence-corrected chi connectivity index (χ1v) is 6.46. The minimum atomic E-state index is -1.36. The molecule has 1 aliphatic rings. The van der Waals surface area contributed by atoms with Crippen LogP contribution < -0.4 is 5.73 Å². The fourth-order valence-electron chi connectivity index (χ4n) is 2.10. The van der Waals surface area contributed by atoms with E-state index in [2.05, 4.69) is 0 Å². The molecule has 0 bridgehead atoms. The van der Waals surface area contributed by atoms with E-state index in [-0.39, 0.29) is 26.0 Å². The van der Waals surface area contributed by atoms with Crippen LogP contribution in [0.5, 0.6) is 0 Å². The molecule has 0 aromatic heterocycles. The number of carboxylic acids is 1. The monoisotopic (exact) mass is 292 g/mol. The lowest BCUT2D eigenvalue weighted by Gasteiger charge is -2.12. The molecule has 21 heavy (non-hydrogen) atoms. The molecule has 0 radical (unpaired) electrons. The zero-order valence-corrected chi connectivity index (χ0v) is 11.3. The fourth-order valence-corrected chi connectivity index (χ4v) is 2.10. The van der Waals surface area contributed by atoms with Gasteiger partial charge in [0.25, 0.3) is 0 Å². The Morgan fingerprint density at radius 3 is 2.52 bits per heavy atom. The Labute approximate surface area is 121 Å². The molecule has 1 heterocycles. The largest absolute Gasteiger partial charge is 0.479 e. The highest BCUT2D eigenvalue weighted by atomic mass is 16.6. The number of aliphatic carboxylic acids is 1. The maximum absolute atomic E-state index is 11.9. The number of nitrogens with zero attached hydrogens (tertiary/aromatic N) is 1. The topological polar surface area (TPSA) is 110 Å². The van der Waals surface area contributed by atoms with Crippen molar-refractivity contribution in [2.24, 2.45) is 5.73 Å². The van der Waals surface area contributed by atoms with Gasteiger partial charge in [-0.15, -0.1) is 0 Å². The molecule has 1 unspecified atom stereocenters. The van der Waals surface area contributed by atoms with Gasteiger partial charge in [-0.25, -0.2) is 9.59 Å². The van der Waals surface area contributed by atoms with Gasteiger partial charge in [-0.3, -0.25) is 9.69 Å². The van der Waals surface area contributed by atoms with E-state index in [4.69, 9.17) is 10.5 Å². The standard InChI is InChI=1S/C14H16N2O5/c15-11(17)6-7-14(12(18)19)9-16(14)13(20)21-8-10-4-2-1-3-5-10/h1-5H,6-9H2,(H2,15,17)(H,18,19). The number of hydrogen-bond donors (Lipinski definition) is 2. The van der Waals surface area contributed by atoms with Gasteiger partial charge < -0.3 is 15.6 Å². The summed E-state index contributed by atoms with van der Waals surface area (Å²) in [6.45, 7) is 0.102. The maximum atomic E-state index is 11.9. The SMILES string of the molecule is NC(=O)CCC1(C(=O)O)CN1C(=O)OCc1ccccc1. The number of carboxylic acid groups (broad SMARTS) is 1. The third-order valence-electron chi connectivity index (χ3n) is 3.44. The zero-order chi connectivity index (χ0) is 15.5. The summed E-state index contributed by atoms with van der Waals surface area (Å²) in [6.07, 6.45) is -0.793. The van der Waals surface area contributed by atoms with Gasteiger partial charge >= 0.3 is 12.1 Å². The maximum Gasteiger partial charge on any atom is 0.411 e. The number of carbonyl (C=O) groups excluding carboxylic acids is 2. The van der Waals surface area contributed by atoms with E-state index in [1.54, 1.807) is 12.1 Å². The van der Waals surface area contributed by atoms with E-state index < -0.39 is 23.5 Å². The molecule has 2 rings (SSSR count). The Hall–Kier alpha value is -2.57. The summed E-state index contributed by atoms with van der Waals surface area (Å²) in [7, 11) is 0. The summed E-state index contributed by atoms with van der Waals surface area (Å²) >= 11 is 0. The Bertz CT molecular complexity index is 560. The first-order valence-electron chi connectivity index (χ1n) is 6.46. The number of rotatable bonds is 6. The summed E-state index contributed by atoms with van der Waals surface area (Å²) in [5.41, 5.74) is 4.47. The van der Waals surface area contributed by atoms with Gasteiger partial charge in [0, 0.05) is 6.42 Å². The third-order valence-corrected chi connectivity index (χ3v) is 3.44. The second-order valence-corrected chi connectivity index (χ2v) is 4.93. The molecular weight excluding hydrogens is 276 g/mol. The smallest absolute Gasteiger partial charge is 0.411 e. The number of carbonyl (C=O) groups is 3.